The van der Waals surface area contributed by atoms with Gasteiger partial charge in [-0.2, -0.15) is 0 Å². The summed E-state index contributed by atoms with van der Waals surface area (Å²) in [5, 5.41) is 2.92. The molecule has 3 nitrogen and oxygen atoms in total. The van der Waals surface area contributed by atoms with Gasteiger partial charge >= 0.3 is 0 Å². The number of hydrogen-bond acceptors (Lipinski definition) is 2. The molecule has 1 heterocycles. The van der Waals surface area contributed by atoms with Crippen LogP contribution in [0.3, 0.4) is 0 Å². The van der Waals surface area contributed by atoms with Crippen LogP contribution in [0.2, 0.25) is 0 Å². The van der Waals surface area contributed by atoms with Crippen LogP contribution in [0.4, 0.5) is 0 Å². The molecule has 0 unspecified atom stereocenters. The fourth-order valence-electron chi connectivity index (χ4n) is 2.53. The van der Waals surface area contributed by atoms with E-state index in [2.05, 4.69) is 29.3 Å². The molecule has 1 fully saturated rings. The first-order chi connectivity index (χ1) is 9.27. The highest BCUT2D eigenvalue weighted by Gasteiger charge is 2.34. The first-order valence-corrected chi connectivity index (χ1v) is 6.61. The summed E-state index contributed by atoms with van der Waals surface area (Å²) in [7, 11) is 0. The molecule has 0 bridgehead atoms. The second kappa shape index (κ2) is 6.40. The van der Waals surface area contributed by atoms with Crippen LogP contribution < -0.4 is 5.32 Å². The number of ether oxygens (including phenoxy) is 1. The Hall–Kier alpha value is -1.79. The second-order valence-corrected chi connectivity index (χ2v) is 4.82. The zero-order valence-corrected chi connectivity index (χ0v) is 11.2. The minimum atomic E-state index is -0.204. The highest BCUT2D eigenvalue weighted by atomic mass is 16.5. The van der Waals surface area contributed by atoms with E-state index in [1.165, 1.54) is 5.56 Å². The highest BCUT2D eigenvalue weighted by Crippen LogP contribution is 2.34. The van der Waals surface area contributed by atoms with Gasteiger partial charge in [0.1, 0.15) is 0 Å². The maximum atomic E-state index is 11.5. The van der Waals surface area contributed by atoms with E-state index in [1.807, 2.05) is 18.2 Å². The van der Waals surface area contributed by atoms with Gasteiger partial charge in [0.2, 0.25) is 0 Å². The molecule has 1 aromatic rings. The molecule has 0 atom stereocenters. The third-order valence-corrected chi connectivity index (χ3v) is 3.66. The maximum absolute atomic E-state index is 11.5. The van der Waals surface area contributed by atoms with Gasteiger partial charge in [-0.1, -0.05) is 36.3 Å². The van der Waals surface area contributed by atoms with Crippen molar-refractivity contribution in [3.05, 3.63) is 35.9 Å². The van der Waals surface area contributed by atoms with Gasteiger partial charge in [-0.25, -0.2) is 0 Å². The molecule has 3 heteroatoms. The van der Waals surface area contributed by atoms with Crippen molar-refractivity contribution in [3.63, 3.8) is 0 Å². The smallest absolute Gasteiger partial charge is 0.295 e. The Balaban J connectivity index is 2.15. The topological polar surface area (TPSA) is 38.3 Å². The average molecular weight is 257 g/mol. The molecular formula is C16H19NO2. The fourth-order valence-corrected chi connectivity index (χ4v) is 2.53. The minimum Gasteiger partial charge on any atom is -0.381 e. The molecule has 1 N–H and O–H groups in total. The Labute approximate surface area is 114 Å². The van der Waals surface area contributed by atoms with Crippen LogP contribution >= 0.6 is 0 Å². The highest BCUT2D eigenvalue weighted by molar-refractivity contribution is 5.93. The number of carbonyl (C=O) groups is 1. The lowest BCUT2D eigenvalue weighted by atomic mass is 9.74. The van der Waals surface area contributed by atoms with Crippen molar-refractivity contribution in [2.75, 3.05) is 19.8 Å². The summed E-state index contributed by atoms with van der Waals surface area (Å²) in [5.41, 5.74) is 1.24. The van der Waals surface area contributed by atoms with Crippen molar-refractivity contribution >= 4 is 5.91 Å². The lowest BCUT2D eigenvalue weighted by Gasteiger charge is -2.37. The van der Waals surface area contributed by atoms with E-state index < -0.39 is 0 Å². The van der Waals surface area contributed by atoms with E-state index in [0.29, 0.717) is 6.54 Å². The van der Waals surface area contributed by atoms with E-state index in [4.69, 9.17) is 4.74 Å². The van der Waals surface area contributed by atoms with Crippen molar-refractivity contribution < 1.29 is 9.53 Å². The van der Waals surface area contributed by atoms with Gasteiger partial charge in [-0.3, -0.25) is 4.79 Å². The van der Waals surface area contributed by atoms with Crippen LogP contribution in [0.1, 0.15) is 25.3 Å². The lowest BCUT2D eigenvalue weighted by molar-refractivity contribution is -0.116. The number of benzene rings is 1. The average Bonchev–Trinajstić information content (AvgIpc) is 2.47. The van der Waals surface area contributed by atoms with Crippen LogP contribution in [0, 0.1) is 11.8 Å². The quantitative estimate of drug-likeness (QED) is 0.840. The summed E-state index contributed by atoms with van der Waals surface area (Å²) in [6, 6.07) is 10.4. The molecule has 0 aliphatic carbocycles. The molecule has 0 spiro atoms. The van der Waals surface area contributed by atoms with Crippen molar-refractivity contribution in [2.45, 2.75) is 25.2 Å². The first-order valence-electron chi connectivity index (χ1n) is 6.61. The number of rotatable bonds is 3. The van der Waals surface area contributed by atoms with Gasteiger partial charge in [0.05, 0.1) is 0 Å². The van der Waals surface area contributed by atoms with Gasteiger partial charge in [-0.15, -0.1) is 0 Å². The maximum Gasteiger partial charge on any atom is 0.295 e. The van der Waals surface area contributed by atoms with Gasteiger partial charge in [0.25, 0.3) is 5.91 Å². The largest absolute Gasteiger partial charge is 0.381 e. The number of hydrogen-bond donors (Lipinski definition) is 1. The molecule has 19 heavy (non-hydrogen) atoms. The van der Waals surface area contributed by atoms with Crippen LogP contribution in [0.15, 0.2) is 30.3 Å². The van der Waals surface area contributed by atoms with E-state index in [-0.39, 0.29) is 11.3 Å². The lowest BCUT2D eigenvalue weighted by Crippen LogP contribution is -2.44. The van der Waals surface area contributed by atoms with Gasteiger partial charge in [-0.05, 0) is 31.2 Å². The number of nitrogens with one attached hydrogen (secondary N) is 1. The zero-order valence-electron chi connectivity index (χ0n) is 11.2. The molecule has 1 aliphatic rings. The summed E-state index contributed by atoms with van der Waals surface area (Å²) in [5.74, 6) is 4.94. The standard InChI is InChI=1S/C16H19NO2/c1-2-6-15(18)17-13-16(9-11-19-12-10-16)14-7-4-3-5-8-14/h3-5,7-8H,9-13H2,1H3,(H,17,18). The molecule has 1 saturated heterocycles. The van der Waals surface area contributed by atoms with E-state index >= 15 is 0 Å². The Morgan fingerprint density at radius 3 is 2.63 bits per heavy atom. The van der Waals surface area contributed by atoms with Crippen LogP contribution in [0.25, 0.3) is 0 Å². The molecular weight excluding hydrogens is 238 g/mol. The zero-order chi connectivity index (χ0) is 13.6. The van der Waals surface area contributed by atoms with Crippen LogP contribution in [0.5, 0.6) is 0 Å². The van der Waals surface area contributed by atoms with E-state index in [9.17, 15) is 4.79 Å². The van der Waals surface area contributed by atoms with Crippen LogP contribution in [-0.2, 0) is 14.9 Å². The summed E-state index contributed by atoms with van der Waals surface area (Å²) >= 11 is 0. The monoisotopic (exact) mass is 257 g/mol. The predicted octanol–water partition coefficient (Wildman–Crippen LogP) is 1.87. The van der Waals surface area contributed by atoms with E-state index in [1.54, 1.807) is 6.92 Å². The molecule has 100 valence electrons. The van der Waals surface area contributed by atoms with Crippen molar-refractivity contribution in [3.8, 4) is 11.8 Å². The van der Waals surface area contributed by atoms with Gasteiger partial charge in [0.15, 0.2) is 0 Å². The third-order valence-electron chi connectivity index (χ3n) is 3.66. The van der Waals surface area contributed by atoms with Gasteiger partial charge in [0, 0.05) is 25.2 Å². The molecule has 1 aliphatic heterocycles. The molecule has 0 radical (unpaired) electrons. The third kappa shape index (κ3) is 3.36. The summed E-state index contributed by atoms with van der Waals surface area (Å²) in [6.07, 6.45) is 1.85. The van der Waals surface area contributed by atoms with Crippen molar-refractivity contribution in [1.29, 1.82) is 0 Å². The number of carbonyl (C=O) groups excluding carboxylic acids is 1. The van der Waals surface area contributed by atoms with Gasteiger partial charge < -0.3 is 10.1 Å². The second-order valence-electron chi connectivity index (χ2n) is 4.82. The number of amides is 1. The normalized spacial score (nSPS) is 17.1. The molecule has 0 saturated carbocycles. The summed E-state index contributed by atoms with van der Waals surface area (Å²) in [4.78, 5) is 11.5. The first kappa shape index (κ1) is 13.6. The summed E-state index contributed by atoms with van der Waals surface area (Å²) < 4.78 is 5.46. The molecule has 1 amide bonds. The fraction of sp³-hybridized carbons (Fsp3) is 0.438. The Morgan fingerprint density at radius 2 is 2.00 bits per heavy atom. The predicted molar refractivity (Wildman–Crippen MR) is 74.6 cm³/mol. The van der Waals surface area contributed by atoms with Crippen LogP contribution in [-0.4, -0.2) is 25.7 Å². The Bertz CT molecular complexity index is 478. The molecule has 2 rings (SSSR count). The Morgan fingerprint density at radius 1 is 1.32 bits per heavy atom. The van der Waals surface area contributed by atoms with Crippen molar-refractivity contribution in [2.24, 2.45) is 0 Å². The summed E-state index contributed by atoms with van der Waals surface area (Å²) in [6.45, 7) is 3.77. The molecule has 1 aromatic carbocycles. The van der Waals surface area contributed by atoms with Crippen molar-refractivity contribution in [1.82, 2.24) is 5.32 Å². The Kier molecular flexibility index (Phi) is 4.59. The SMILES string of the molecule is CC#CC(=O)NCC1(c2ccccc2)CCOCC1. The minimum absolute atomic E-state index is 0.0232. The molecule has 0 aromatic heterocycles. The van der Waals surface area contributed by atoms with E-state index in [0.717, 1.165) is 26.1 Å².